The highest BCUT2D eigenvalue weighted by Gasteiger charge is 2.73. The molecule has 128 valence electrons. The van der Waals surface area contributed by atoms with Crippen LogP contribution in [0.25, 0.3) is 0 Å². The van der Waals surface area contributed by atoms with Crippen LogP contribution in [0.1, 0.15) is 59.8 Å². The van der Waals surface area contributed by atoms with E-state index in [0.29, 0.717) is 6.42 Å². The van der Waals surface area contributed by atoms with Gasteiger partial charge in [0.1, 0.15) is 0 Å². The van der Waals surface area contributed by atoms with Gasteiger partial charge in [0.05, 0.1) is 17.7 Å². The molecule has 6 heteroatoms. The Morgan fingerprint density at radius 3 is 2.36 bits per heavy atom. The van der Waals surface area contributed by atoms with Crippen LogP contribution in [0.2, 0.25) is 0 Å². The molecule has 2 N–H and O–H groups in total. The zero-order valence-corrected chi connectivity index (χ0v) is 14.4. The molecule has 0 aromatic heterocycles. The van der Waals surface area contributed by atoms with Gasteiger partial charge in [0.15, 0.2) is 11.4 Å². The van der Waals surface area contributed by atoms with Gasteiger partial charge in [-0.05, 0) is 26.7 Å². The number of ether oxygens (including phenoxy) is 1. The molecule has 1 aliphatic carbocycles. The minimum Gasteiger partial charge on any atom is -0.375 e. The monoisotopic (exact) mass is 314 g/mol. The van der Waals surface area contributed by atoms with Crippen LogP contribution in [0.4, 0.5) is 0 Å². The number of hydrogen-bond donors (Lipinski definition) is 2. The van der Waals surface area contributed by atoms with Crippen molar-refractivity contribution in [3.8, 4) is 0 Å². The molecule has 2 heterocycles. The molecule has 0 radical (unpaired) electrons. The Morgan fingerprint density at radius 2 is 1.82 bits per heavy atom. The highest BCUT2D eigenvalue weighted by atomic mass is 16.8. The second kappa shape index (κ2) is 5.13. The number of hydrogen-bond acceptors (Lipinski definition) is 6. The number of nitrogens with zero attached hydrogens (tertiary/aromatic N) is 2. The number of fused-ring (bicyclic) bond motifs is 3. The quantitative estimate of drug-likeness (QED) is 0.832. The molecule has 6 nitrogen and oxygen atoms in total. The normalized spacial score (nSPS) is 43.6. The average Bonchev–Trinajstić information content (AvgIpc) is 2.93. The fraction of sp³-hybridized carbons (Fsp3) is 1.00. The van der Waals surface area contributed by atoms with Gasteiger partial charge in [-0.2, -0.15) is 10.1 Å². The molecule has 0 bridgehead atoms. The Hall–Kier alpha value is -0.240. The van der Waals surface area contributed by atoms with E-state index in [1.807, 2.05) is 32.8 Å². The van der Waals surface area contributed by atoms with Crippen molar-refractivity contribution in [3.05, 3.63) is 0 Å². The molecule has 1 saturated carbocycles. The van der Waals surface area contributed by atoms with E-state index in [4.69, 9.17) is 9.57 Å². The highest BCUT2D eigenvalue weighted by molar-refractivity contribution is 5.14. The molecule has 4 atom stereocenters. The van der Waals surface area contributed by atoms with Crippen molar-refractivity contribution in [1.29, 1.82) is 0 Å². The van der Waals surface area contributed by atoms with E-state index in [1.54, 1.807) is 7.11 Å². The lowest BCUT2D eigenvalue weighted by atomic mass is 9.82. The van der Waals surface area contributed by atoms with Crippen molar-refractivity contribution in [1.82, 2.24) is 10.1 Å². The zero-order valence-electron chi connectivity index (χ0n) is 14.4. The summed E-state index contributed by atoms with van der Waals surface area (Å²) < 4.78 is 5.74. The van der Waals surface area contributed by atoms with Gasteiger partial charge in [-0.1, -0.05) is 26.7 Å². The van der Waals surface area contributed by atoms with E-state index in [-0.39, 0.29) is 18.0 Å². The lowest BCUT2D eigenvalue weighted by molar-refractivity contribution is -0.338. The number of aliphatic hydroxyl groups is 1. The summed E-state index contributed by atoms with van der Waals surface area (Å²) in [5, 5.41) is 25.3. The molecule has 0 aromatic rings. The molecular formula is C16H30N2O4. The van der Waals surface area contributed by atoms with Crippen LogP contribution in [-0.2, 0) is 9.57 Å². The lowest BCUT2D eigenvalue weighted by Gasteiger charge is -2.46. The lowest BCUT2D eigenvalue weighted by Crippen LogP contribution is -2.64. The Kier molecular flexibility index (Phi) is 3.87. The summed E-state index contributed by atoms with van der Waals surface area (Å²) >= 11 is 0. The fourth-order valence-corrected chi connectivity index (χ4v) is 4.39. The van der Waals surface area contributed by atoms with E-state index in [9.17, 15) is 10.3 Å². The van der Waals surface area contributed by atoms with Crippen LogP contribution in [0.15, 0.2) is 0 Å². The molecule has 0 spiro atoms. The predicted molar refractivity (Wildman–Crippen MR) is 80.8 cm³/mol. The fourth-order valence-electron chi connectivity index (χ4n) is 4.39. The van der Waals surface area contributed by atoms with E-state index >= 15 is 0 Å². The van der Waals surface area contributed by atoms with Crippen molar-refractivity contribution in [3.63, 3.8) is 0 Å². The Morgan fingerprint density at radius 1 is 1.23 bits per heavy atom. The summed E-state index contributed by atoms with van der Waals surface area (Å²) in [6.45, 7) is 7.79. The van der Waals surface area contributed by atoms with E-state index in [1.165, 1.54) is 5.06 Å². The Balaban J connectivity index is 2.07. The van der Waals surface area contributed by atoms with Crippen LogP contribution in [0.3, 0.4) is 0 Å². The van der Waals surface area contributed by atoms with Crippen LogP contribution in [0.5, 0.6) is 0 Å². The van der Waals surface area contributed by atoms with Gasteiger partial charge in [-0.3, -0.25) is 4.84 Å². The standard InChI is InChI=1S/C16H30N2O4/c1-11(2)15(19)10-16(14(3,4)21-5)17(20)12-8-6-7-9-13(12)18(16)22-15/h11-13,19-20H,6-10H2,1-5H3/t12-,13+,15+,16-/m0/s1. The van der Waals surface area contributed by atoms with Gasteiger partial charge >= 0.3 is 0 Å². The molecule has 2 saturated heterocycles. The molecule has 3 rings (SSSR count). The summed E-state index contributed by atoms with van der Waals surface area (Å²) in [6, 6.07) is 0.140. The van der Waals surface area contributed by atoms with Crippen LogP contribution >= 0.6 is 0 Å². The first-order valence-electron chi connectivity index (χ1n) is 8.44. The topological polar surface area (TPSA) is 65.4 Å². The van der Waals surface area contributed by atoms with Gasteiger partial charge in [-0.25, -0.2) is 0 Å². The van der Waals surface area contributed by atoms with Crippen LogP contribution in [0, 0.1) is 5.92 Å². The van der Waals surface area contributed by atoms with Crippen molar-refractivity contribution in [2.45, 2.75) is 88.9 Å². The molecular weight excluding hydrogens is 284 g/mol. The smallest absolute Gasteiger partial charge is 0.191 e. The maximum Gasteiger partial charge on any atom is 0.191 e. The average molecular weight is 314 g/mol. The third kappa shape index (κ3) is 1.95. The maximum absolute atomic E-state index is 11.0. The second-order valence-corrected chi connectivity index (χ2v) is 7.89. The third-order valence-corrected chi connectivity index (χ3v) is 6.19. The summed E-state index contributed by atoms with van der Waals surface area (Å²) in [6.07, 6.45) is 4.46. The summed E-state index contributed by atoms with van der Waals surface area (Å²) in [7, 11) is 1.65. The van der Waals surface area contributed by atoms with Gasteiger partial charge in [0.25, 0.3) is 0 Å². The molecule has 2 aliphatic heterocycles. The first-order chi connectivity index (χ1) is 10.2. The van der Waals surface area contributed by atoms with E-state index < -0.39 is 17.1 Å². The first-order valence-corrected chi connectivity index (χ1v) is 8.44. The molecule has 0 unspecified atom stereocenters. The van der Waals surface area contributed by atoms with Crippen molar-refractivity contribution in [2.24, 2.45) is 5.92 Å². The molecule has 3 aliphatic rings. The Labute approximate surface area is 132 Å². The van der Waals surface area contributed by atoms with Gasteiger partial charge < -0.3 is 15.1 Å². The number of rotatable bonds is 3. The molecule has 22 heavy (non-hydrogen) atoms. The van der Waals surface area contributed by atoms with Gasteiger partial charge in [0, 0.05) is 19.4 Å². The number of hydroxylamine groups is 4. The summed E-state index contributed by atoms with van der Waals surface area (Å²) in [4.78, 5) is 6.07. The van der Waals surface area contributed by atoms with Crippen molar-refractivity contribution >= 4 is 0 Å². The predicted octanol–water partition coefficient (Wildman–Crippen LogP) is 2.11. The number of methoxy groups -OCH3 is 1. The van der Waals surface area contributed by atoms with Crippen LogP contribution in [-0.4, -0.2) is 56.7 Å². The minimum absolute atomic E-state index is 0.0416. The van der Waals surface area contributed by atoms with E-state index in [0.717, 1.165) is 25.7 Å². The molecule has 0 amide bonds. The summed E-state index contributed by atoms with van der Waals surface area (Å²) in [5.74, 6) is -1.35. The second-order valence-electron chi connectivity index (χ2n) is 7.89. The first kappa shape index (κ1) is 16.6. The third-order valence-electron chi connectivity index (χ3n) is 6.19. The largest absolute Gasteiger partial charge is 0.375 e. The van der Waals surface area contributed by atoms with Gasteiger partial charge in [0.2, 0.25) is 0 Å². The molecule has 0 aromatic carbocycles. The van der Waals surface area contributed by atoms with Crippen molar-refractivity contribution < 1.29 is 19.9 Å². The maximum atomic E-state index is 11.0. The van der Waals surface area contributed by atoms with Gasteiger partial charge in [-0.15, -0.1) is 0 Å². The SMILES string of the molecule is COC(C)(C)[C@]12C[C@](O)(C(C)C)ON1[C@@H]1CCCC[C@@H]1N2O. The summed E-state index contributed by atoms with van der Waals surface area (Å²) in [5.41, 5.74) is -1.54. The molecule has 3 fully saturated rings. The highest BCUT2D eigenvalue weighted by Crippen LogP contribution is 2.56. The van der Waals surface area contributed by atoms with Crippen molar-refractivity contribution in [2.75, 3.05) is 7.11 Å². The van der Waals surface area contributed by atoms with E-state index in [2.05, 4.69) is 0 Å². The zero-order chi connectivity index (χ0) is 16.3. The van der Waals surface area contributed by atoms with Crippen LogP contribution < -0.4 is 0 Å². The minimum atomic E-state index is -1.28. The Bertz CT molecular complexity index is 444.